The van der Waals surface area contributed by atoms with E-state index < -0.39 is 0 Å². The summed E-state index contributed by atoms with van der Waals surface area (Å²) in [5.74, 6) is 3.24. The van der Waals surface area contributed by atoms with Gasteiger partial charge in [0.2, 0.25) is 5.91 Å². The molecule has 3 heterocycles. The third kappa shape index (κ3) is 8.52. The van der Waals surface area contributed by atoms with Crippen molar-refractivity contribution in [3.63, 3.8) is 0 Å². The van der Waals surface area contributed by atoms with Crippen LogP contribution >= 0.6 is 0 Å². The number of benzene rings is 1. The number of methoxy groups -OCH3 is 1. The summed E-state index contributed by atoms with van der Waals surface area (Å²) in [5, 5.41) is 4.62. The summed E-state index contributed by atoms with van der Waals surface area (Å²) in [6.07, 6.45) is 14.7. The molecule has 1 aromatic carbocycles. The third-order valence-corrected chi connectivity index (χ3v) is 11.4. The van der Waals surface area contributed by atoms with E-state index in [0.29, 0.717) is 55.8 Å². The van der Waals surface area contributed by atoms with Crippen molar-refractivity contribution in [1.29, 1.82) is 0 Å². The fourth-order valence-corrected chi connectivity index (χ4v) is 8.03. The van der Waals surface area contributed by atoms with Crippen molar-refractivity contribution in [3.05, 3.63) is 60.0 Å². The molecular formula is C41H57N5O4. The van der Waals surface area contributed by atoms with E-state index in [1.54, 1.807) is 7.11 Å². The standard InChI is InChI=1S/C41H57N5O4/c1-28-18-21-44(22-19-28)40(48)50-36-14-11-32(12-15-36)39(47)45(38-24-34(17-20-42-38)35-25-43-46(27-35)41(3,4)5)26-30-7-9-31(10-8-30)33-13-16-37(49-6)29(2)23-33/h13,16-17,20,23-25,27-28,30-32,36H,7-12,14-15,18-19,21-22,26H2,1-6H3/t30-,31-,32-,36-. The van der Waals surface area contributed by atoms with Crippen molar-refractivity contribution in [3.8, 4) is 16.9 Å². The highest BCUT2D eigenvalue weighted by Gasteiger charge is 2.35. The van der Waals surface area contributed by atoms with Crippen molar-refractivity contribution in [1.82, 2.24) is 19.7 Å². The molecule has 1 aliphatic heterocycles. The quantitative estimate of drug-likeness (QED) is 0.236. The van der Waals surface area contributed by atoms with Gasteiger partial charge in [0.1, 0.15) is 17.7 Å². The first-order valence-electron chi connectivity index (χ1n) is 18.9. The van der Waals surface area contributed by atoms with Gasteiger partial charge < -0.3 is 14.4 Å². The fourth-order valence-electron chi connectivity index (χ4n) is 8.03. The van der Waals surface area contributed by atoms with Gasteiger partial charge in [0.25, 0.3) is 0 Å². The van der Waals surface area contributed by atoms with Crippen LogP contribution in [0.3, 0.4) is 0 Å². The van der Waals surface area contributed by atoms with Crippen LogP contribution in [0, 0.1) is 24.7 Å². The Balaban J connectivity index is 1.15. The van der Waals surface area contributed by atoms with Crippen LogP contribution in [0.4, 0.5) is 10.6 Å². The Kier molecular flexibility index (Phi) is 11.2. The predicted octanol–water partition coefficient (Wildman–Crippen LogP) is 8.75. The normalized spacial score (nSPS) is 23.4. The Labute approximate surface area is 298 Å². The number of carbonyl (C=O) groups is 2. The van der Waals surface area contributed by atoms with E-state index >= 15 is 0 Å². The number of likely N-dealkylation sites (tertiary alicyclic amines) is 1. The van der Waals surface area contributed by atoms with E-state index in [0.717, 1.165) is 68.5 Å². The summed E-state index contributed by atoms with van der Waals surface area (Å²) in [7, 11) is 1.72. The Hall–Kier alpha value is -3.88. The number of rotatable bonds is 8. The smallest absolute Gasteiger partial charge is 0.410 e. The molecule has 3 aromatic rings. The number of piperidine rings is 1. The van der Waals surface area contributed by atoms with Gasteiger partial charge in [-0.15, -0.1) is 0 Å². The van der Waals surface area contributed by atoms with E-state index in [2.05, 4.69) is 70.2 Å². The molecule has 2 amide bonds. The van der Waals surface area contributed by atoms with Gasteiger partial charge in [-0.3, -0.25) is 14.4 Å². The SMILES string of the molecule is COc1ccc([C@H]2CC[C@H](CN(c3cc(-c4cnn(C(C)(C)C)c4)ccn3)C(=O)[C@H]3CC[C@H](OC(=O)N4CCC(C)CC4)CC3)CC2)cc1C. The summed E-state index contributed by atoms with van der Waals surface area (Å²) in [4.78, 5) is 36.0. The molecule has 9 nitrogen and oxygen atoms in total. The van der Waals surface area contributed by atoms with Gasteiger partial charge in [0.15, 0.2) is 0 Å². The van der Waals surface area contributed by atoms with E-state index in [1.807, 2.05) is 32.9 Å². The molecule has 0 bridgehead atoms. The van der Waals surface area contributed by atoms with Gasteiger partial charge in [-0.05, 0) is 145 Å². The molecule has 50 heavy (non-hydrogen) atoms. The number of hydrogen-bond acceptors (Lipinski definition) is 6. The molecule has 2 aromatic heterocycles. The van der Waals surface area contributed by atoms with Gasteiger partial charge in [0.05, 0.1) is 18.8 Å². The van der Waals surface area contributed by atoms with E-state index in [1.165, 1.54) is 11.1 Å². The zero-order chi connectivity index (χ0) is 35.4. The predicted molar refractivity (Wildman–Crippen MR) is 197 cm³/mol. The van der Waals surface area contributed by atoms with Crippen molar-refractivity contribution in [2.24, 2.45) is 17.8 Å². The van der Waals surface area contributed by atoms with E-state index in [9.17, 15) is 9.59 Å². The van der Waals surface area contributed by atoms with E-state index in [-0.39, 0.29) is 29.6 Å². The number of pyridine rings is 1. The lowest BCUT2D eigenvalue weighted by atomic mass is 9.78. The molecule has 2 aliphatic carbocycles. The average Bonchev–Trinajstić information content (AvgIpc) is 3.63. The molecule has 0 unspecified atom stereocenters. The maximum atomic E-state index is 14.5. The summed E-state index contributed by atoms with van der Waals surface area (Å²) in [6.45, 7) is 13.0. The van der Waals surface area contributed by atoms with E-state index in [4.69, 9.17) is 14.5 Å². The lowest BCUT2D eigenvalue weighted by molar-refractivity contribution is -0.124. The minimum atomic E-state index is -0.190. The molecular weight excluding hydrogens is 626 g/mol. The summed E-state index contributed by atoms with van der Waals surface area (Å²) < 4.78 is 13.4. The number of carbonyl (C=O) groups excluding carboxylic acids is 2. The van der Waals surface area contributed by atoms with Crippen LogP contribution in [0.5, 0.6) is 5.75 Å². The molecule has 0 atom stereocenters. The van der Waals surface area contributed by atoms with Crippen LogP contribution in [-0.2, 0) is 15.1 Å². The molecule has 3 aliphatic rings. The van der Waals surface area contributed by atoms with Crippen LogP contribution in [0.1, 0.15) is 109 Å². The minimum Gasteiger partial charge on any atom is -0.496 e. The van der Waals surface area contributed by atoms with Gasteiger partial charge >= 0.3 is 6.09 Å². The van der Waals surface area contributed by atoms with Crippen LogP contribution in [-0.4, -0.2) is 64.5 Å². The highest BCUT2D eigenvalue weighted by atomic mass is 16.6. The number of ether oxygens (including phenoxy) is 2. The lowest BCUT2D eigenvalue weighted by Gasteiger charge is -2.36. The average molecular weight is 684 g/mol. The highest BCUT2D eigenvalue weighted by Crippen LogP contribution is 2.39. The molecule has 2 saturated carbocycles. The molecule has 270 valence electrons. The molecule has 1 saturated heterocycles. The van der Waals surface area contributed by atoms with Crippen LogP contribution in [0.25, 0.3) is 11.1 Å². The maximum Gasteiger partial charge on any atom is 0.410 e. The van der Waals surface area contributed by atoms with Crippen molar-refractivity contribution < 1.29 is 19.1 Å². The first kappa shape index (κ1) is 35.9. The van der Waals surface area contributed by atoms with Crippen molar-refractivity contribution in [2.75, 3.05) is 31.6 Å². The zero-order valence-electron chi connectivity index (χ0n) is 31.1. The number of aromatic nitrogens is 3. The number of anilines is 1. The van der Waals surface area contributed by atoms with Gasteiger partial charge in [-0.1, -0.05) is 19.1 Å². The largest absolute Gasteiger partial charge is 0.496 e. The Morgan fingerprint density at radius 3 is 2.28 bits per heavy atom. The number of nitrogens with zero attached hydrogens (tertiary/aromatic N) is 5. The topological polar surface area (TPSA) is 89.8 Å². The molecule has 9 heteroatoms. The first-order chi connectivity index (χ1) is 24.0. The molecule has 6 rings (SSSR count). The molecule has 0 radical (unpaired) electrons. The maximum absolute atomic E-state index is 14.5. The lowest BCUT2D eigenvalue weighted by Crippen LogP contribution is -2.43. The molecule has 0 N–H and O–H groups in total. The van der Waals surface area contributed by atoms with Crippen LogP contribution in [0.2, 0.25) is 0 Å². The summed E-state index contributed by atoms with van der Waals surface area (Å²) >= 11 is 0. The van der Waals surface area contributed by atoms with Gasteiger partial charge in [0, 0.05) is 43.5 Å². The fraction of sp³-hybridized carbons (Fsp3) is 0.610. The summed E-state index contributed by atoms with van der Waals surface area (Å²) in [5.41, 5.74) is 4.45. The Bertz CT molecular complexity index is 1600. The second-order valence-corrected chi connectivity index (χ2v) is 16.2. The van der Waals surface area contributed by atoms with Crippen LogP contribution in [0.15, 0.2) is 48.9 Å². The van der Waals surface area contributed by atoms with Gasteiger partial charge in [-0.2, -0.15) is 5.10 Å². The highest BCUT2D eigenvalue weighted by molar-refractivity contribution is 5.94. The summed E-state index contributed by atoms with van der Waals surface area (Å²) in [6, 6.07) is 10.6. The zero-order valence-corrected chi connectivity index (χ0v) is 31.1. The van der Waals surface area contributed by atoms with Crippen LogP contribution < -0.4 is 9.64 Å². The second-order valence-electron chi connectivity index (χ2n) is 16.2. The van der Waals surface area contributed by atoms with Crippen molar-refractivity contribution in [2.45, 2.75) is 116 Å². The second kappa shape index (κ2) is 15.6. The minimum absolute atomic E-state index is 0.117. The number of amides is 2. The molecule has 3 fully saturated rings. The first-order valence-corrected chi connectivity index (χ1v) is 18.9. The Morgan fingerprint density at radius 2 is 1.64 bits per heavy atom. The number of hydrogen-bond donors (Lipinski definition) is 0. The monoisotopic (exact) mass is 683 g/mol. The molecule has 0 spiro atoms. The number of aryl methyl sites for hydroxylation is 1. The van der Waals surface area contributed by atoms with Gasteiger partial charge in [-0.25, -0.2) is 9.78 Å². The third-order valence-electron chi connectivity index (χ3n) is 11.4. The Morgan fingerprint density at radius 1 is 0.920 bits per heavy atom. The van der Waals surface area contributed by atoms with Crippen molar-refractivity contribution >= 4 is 17.8 Å².